The molecule has 2 N–H and O–H groups in total. The zero-order valence-corrected chi connectivity index (χ0v) is 41.8. The predicted molar refractivity (Wildman–Crippen MR) is 238 cm³/mol. The minimum absolute atomic E-state index is 0. The van der Waals surface area contributed by atoms with E-state index in [4.69, 9.17) is 9.47 Å². The van der Waals surface area contributed by atoms with E-state index in [0.717, 1.165) is 154 Å². The summed E-state index contributed by atoms with van der Waals surface area (Å²) in [6.07, 6.45) is 27.5. The van der Waals surface area contributed by atoms with Gasteiger partial charge in [0.2, 0.25) is 0 Å². The maximum Gasteiger partial charge on any atom is 2.00 e. The summed E-state index contributed by atoms with van der Waals surface area (Å²) in [7, 11) is 0. The second kappa shape index (κ2) is 42.1. The van der Waals surface area contributed by atoms with Gasteiger partial charge in [0.15, 0.2) is 0 Å². The number of hydrogen-bond donors (Lipinski definition) is 2. The maximum absolute atomic E-state index is 10.3. The van der Waals surface area contributed by atoms with Gasteiger partial charge in [-0.05, 0) is 88.2 Å². The van der Waals surface area contributed by atoms with Gasteiger partial charge in [0.25, 0.3) is 0 Å². The van der Waals surface area contributed by atoms with Gasteiger partial charge >= 0.3 is 48.9 Å². The second-order valence-corrected chi connectivity index (χ2v) is 16.3. The van der Waals surface area contributed by atoms with Crippen LogP contribution in [0.15, 0.2) is 60.7 Å². The van der Waals surface area contributed by atoms with Crippen molar-refractivity contribution < 1.29 is 39.5 Å². The van der Waals surface area contributed by atoms with Crippen LogP contribution in [-0.4, -0.2) is 95.4 Å². The number of aliphatic hydroxyl groups excluding tert-OH is 2. The van der Waals surface area contributed by atoms with Gasteiger partial charge in [-0.25, -0.2) is 0 Å². The summed E-state index contributed by atoms with van der Waals surface area (Å²) in [5, 5.41) is 41.0. The third-order valence-electron chi connectivity index (χ3n) is 11.0. The van der Waals surface area contributed by atoms with Crippen LogP contribution in [-0.2, 0) is 32.3 Å². The number of carboxylic acid groups (broad SMARTS) is 2. The fourth-order valence-electron chi connectivity index (χ4n) is 7.25. The molecule has 332 valence electrons. The molecular weight excluding hydrogens is 866 g/mol. The minimum atomic E-state index is -0.941. The van der Waals surface area contributed by atoms with Crippen LogP contribution in [0, 0.1) is 0 Å². The molecule has 0 heterocycles. The predicted octanol–water partition coefficient (Wildman–Crippen LogP) is 9.95. The first kappa shape index (κ1) is 57.8. The Labute approximate surface area is 400 Å². The molecule has 0 aromatic heterocycles. The SMILES string of the molecule is CCC(CCCCC(O)CCCCCCCCCC(=O)[O-])OCc1ccccc1.CCC(CCCCC(O)CCCCCCCCCC(=O)[O-])OCc1ccccc1.[Ba+2]. The van der Waals surface area contributed by atoms with E-state index in [-0.39, 0.29) is 73.9 Å². The molecule has 2 aromatic rings. The summed E-state index contributed by atoms with van der Waals surface area (Å²) in [6.45, 7) is 5.71. The van der Waals surface area contributed by atoms with Gasteiger partial charge in [0, 0.05) is 11.9 Å². The monoisotopic (exact) mass is 949 g/mol. The number of unbranched alkanes of at least 4 members (excludes halogenated alkanes) is 14. The van der Waals surface area contributed by atoms with E-state index in [1.165, 1.54) is 24.0 Å². The van der Waals surface area contributed by atoms with Crippen molar-refractivity contribution in [3.63, 3.8) is 0 Å². The van der Waals surface area contributed by atoms with Gasteiger partial charge in [0.05, 0.1) is 37.6 Å². The Morgan fingerprint density at radius 2 is 0.729 bits per heavy atom. The smallest absolute Gasteiger partial charge is 0.550 e. The Morgan fingerprint density at radius 3 is 1.03 bits per heavy atom. The largest absolute Gasteiger partial charge is 2.00 e. The van der Waals surface area contributed by atoms with Crippen LogP contribution >= 0.6 is 0 Å². The van der Waals surface area contributed by atoms with E-state index in [0.29, 0.717) is 25.4 Å². The van der Waals surface area contributed by atoms with E-state index in [2.05, 4.69) is 38.1 Å². The van der Waals surface area contributed by atoms with E-state index in [1.807, 2.05) is 36.4 Å². The van der Waals surface area contributed by atoms with E-state index < -0.39 is 11.9 Å². The number of ether oxygens (including phenoxy) is 2. The summed E-state index contributed by atoms with van der Waals surface area (Å²) in [5.74, 6) is -1.88. The molecule has 0 aliphatic heterocycles. The van der Waals surface area contributed by atoms with Gasteiger partial charge in [0.1, 0.15) is 0 Å². The minimum Gasteiger partial charge on any atom is -0.550 e. The van der Waals surface area contributed by atoms with Gasteiger partial charge in [-0.15, -0.1) is 0 Å². The molecule has 0 saturated carbocycles. The molecule has 4 atom stereocenters. The molecule has 9 heteroatoms. The quantitative estimate of drug-likeness (QED) is 0.0501. The van der Waals surface area contributed by atoms with Crippen LogP contribution in [0.3, 0.4) is 0 Å². The van der Waals surface area contributed by atoms with Crippen molar-refractivity contribution in [2.45, 2.75) is 231 Å². The molecule has 8 nitrogen and oxygen atoms in total. The summed E-state index contributed by atoms with van der Waals surface area (Å²) >= 11 is 0. The Bertz CT molecular complexity index is 1110. The third kappa shape index (κ3) is 38.2. The van der Waals surface area contributed by atoms with Gasteiger partial charge in [-0.3, -0.25) is 0 Å². The summed E-state index contributed by atoms with van der Waals surface area (Å²) in [6, 6.07) is 20.6. The van der Waals surface area contributed by atoms with Crippen LogP contribution < -0.4 is 10.2 Å². The number of benzene rings is 2. The number of rotatable bonds is 38. The average molecular weight is 949 g/mol. The topological polar surface area (TPSA) is 139 Å². The van der Waals surface area contributed by atoms with E-state index in [1.54, 1.807) is 0 Å². The number of carbonyl (C=O) groups is 2. The Balaban J connectivity index is 0.00000112. The fourth-order valence-corrected chi connectivity index (χ4v) is 7.25. The zero-order chi connectivity index (χ0) is 42.3. The normalized spacial score (nSPS) is 13.1. The zero-order valence-electron chi connectivity index (χ0n) is 37.3. The van der Waals surface area contributed by atoms with Crippen LogP contribution in [0.5, 0.6) is 0 Å². The molecule has 0 radical (unpaired) electrons. The first-order valence-corrected chi connectivity index (χ1v) is 23.3. The molecule has 2 rings (SSSR count). The van der Waals surface area contributed by atoms with Crippen molar-refractivity contribution in [3.05, 3.63) is 71.8 Å². The van der Waals surface area contributed by atoms with Crippen molar-refractivity contribution in [1.29, 1.82) is 0 Å². The molecule has 0 aliphatic rings. The van der Waals surface area contributed by atoms with Crippen molar-refractivity contribution in [3.8, 4) is 0 Å². The first-order chi connectivity index (χ1) is 28.2. The molecule has 2 aromatic carbocycles. The van der Waals surface area contributed by atoms with Crippen LogP contribution in [0.2, 0.25) is 0 Å². The summed E-state index contributed by atoms with van der Waals surface area (Å²) in [5.41, 5.74) is 2.44. The van der Waals surface area contributed by atoms with Crippen molar-refractivity contribution in [2.75, 3.05) is 0 Å². The van der Waals surface area contributed by atoms with Crippen LogP contribution in [0.1, 0.15) is 205 Å². The fraction of sp³-hybridized carbons (Fsp3) is 0.720. The van der Waals surface area contributed by atoms with Crippen molar-refractivity contribution >= 4 is 60.8 Å². The van der Waals surface area contributed by atoms with Crippen molar-refractivity contribution in [1.82, 2.24) is 0 Å². The van der Waals surface area contributed by atoms with Gasteiger partial charge in [-0.2, -0.15) is 0 Å². The molecule has 0 spiro atoms. The Morgan fingerprint density at radius 1 is 0.458 bits per heavy atom. The molecule has 0 fully saturated rings. The maximum atomic E-state index is 10.3. The molecule has 4 unspecified atom stereocenters. The number of carbonyl (C=O) groups excluding carboxylic acids is 2. The number of aliphatic carboxylic acids is 2. The Hall–Kier alpha value is -1.21. The molecule has 0 aliphatic carbocycles. The Kier molecular flexibility index (Phi) is 41.2. The second-order valence-electron chi connectivity index (χ2n) is 16.3. The van der Waals surface area contributed by atoms with E-state index >= 15 is 0 Å². The van der Waals surface area contributed by atoms with Gasteiger partial charge in [-0.1, -0.05) is 177 Å². The molecular formula is C50H82BaO8. The average Bonchev–Trinajstić information content (AvgIpc) is 3.22. The van der Waals surface area contributed by atoms with Gasteiger partial charge < -0.3 is 39.5 Å². The summed E-state index contributed by atoms with van der Waals surface area (Å²) < 4.78 is 12.1. The molecule has 0 saturated heterocycles. The van der Waals surface area contributed by atoms with E-state index in [9.17, 15) is 30.0 Å². The molecule has 59 heavy (non-hydrogen) atoms. The van der Waals surface area contributed by atoms with Crippen LogP contribution in [0.4, 0.5) is 0 Å². The molecule has 0 bridgehead atoms. The third-order valence-corrected chi connectivity index (χ3v) is 11.0. The van der Waals surface area contributed by atoms with Crippen LogP contribution in [0.25, 0.3) is 0 Å². The summed E-state index contributed by atoms with van der Waals surface area (Å²) in [4.78, 5) is 20.6. The number of aliphatic hydroxyl groups is 2. The first-order valence-electron chi connectivity index (χ1n) is 23.3. The standard InChI is InChI=1S/2C25H42O4.Ba/c2*1-2-24(29-21-22-15-9-8-10-16-22)19-14-13-18-23(26)17-11-6-4-3-5-7-12-20-25(27)28;/h2*8-10,15-16,23-24,26H,2-7,11-14,17-21H2,1H3,(H,27,28);/q;;+2/p-2. The van der Waals surface area contributed by atoms with Crippen molar-refractivity contribution in [2.24, 2.45) is 0 Å². The molecule has 0 amide bonds. The number of hydrogen-bond acceptors (Lipinski definition) is 8. The number of carboxylic acids is 2.